The average Bonchev–Trinajstić information content (AvgIpc) is 3.39. The van der Waals surface area contributed by atoms with Crippen LogP contribution < -0.4 is 0 Å². The number of phenols is 1. The number of likely N-dealkylation sites (tertiary alicyclic amines) is 1. The van der Waals surface area contributed by atoms with Gasteiger partial charge in [0.05, 0.1) is 5.60 Å². The molecule has 1 aromatic carbocycles. The molecule has 25 heavy (non-hydrogen) atoms. The maximum Gasteiger partial charge on any atom is 0.134 e. The normalized spacial score (nSPS) is 36.3. The number of Topliss-reactive ketones (excluding diaryl/α,β-unsaturated/α-hetero) is 1. The molecule has 1 aromatic rings. The van der Waals surface area contributed by atoms with Crippen molar-refractivity contribution in [3.63, 3.8) is 0 Å². The maximum absolute atomic E-state index is 12.4. The van der Waals surface area contributed by atoms with Gasteiger partial charge in [0, 0.05) is 30.8 Å². The zero-order chi connectivity index (χ0) is 17.8. The molecule has 0 amide bonds. The molecule has 4 rings (SSSR count). The number of hydrogen-bond acceptors (Lipinski definition) is 4. The summed E-state index contributed by atoms with van der Waals surface area (Å²) in [6.45, 7) is 6.11. The molecule has 2 aliphatic carbocycles. The van der Waals surface area contributed by atoms with Gasteiger partial charge in [0.15, 0.2) is 0 Å². The number of phenolic OH excluding ortho intramolecular Hbond substituents is 1. The minimum Gasteiger partial charge on any atom is -0.508 e. The van der Waals surface area contributed by atoms with Crippen LogP contribution in [-0.2, 0) is 10.2 Å². The molecular weight excluding hydrogens is 314 g/mol. The Hall–Kier alpha value is -1.39. The van der Waals surface area contributed by atoms with Crippen molar-refractivity contribution in [3.8, 4) is 5.75 Å². The van der Waals surface area contributed by atoms with Gasteiger partial charge in [-0.3, -0.25) is 9.69 Å². The number of ketones is 1. The van der Waals surface area contributed by atoms with E-state index < -0.39 is 11.0 Å². The molecule has 0 aromatic heterocycles. The molecule has 3 fully saturated rings. The van der Waals surface area contributed by atoms with Gasteiger partial charge in [-0.2, -0.15) is 0 Å². The highest BCUT2D eigenvalue weighted by molar-refractivity contribution is 5.82. The van der Waals surface area contributed by atoms with E-state index in [1.54, 1.807) is 12.1 Å². The quantitative estimate of drug-likeness (QED) is 0.886. The Labute approximate surface area is 149 Å². The van der Waals surface area contributed by atoms with Crippen LogP contribution in [0.4, 0.5) is 0 Å². The highest BCUT2D eigenvalue weighted by Gasteiger charge is 2.61. The molecule has 1 unspecified atom stereocenters. The van der Waals surface area contributed by atoms with Gasteiger partial charge in [-0.1, -0.05) is 6.07 Å². The lowest BCUT2D eigenvalue weighted by Crippen LogP contribution is -2.70. The topological polar surface area (TPSA) is 60.8 Å². The molecule has 3 atom stereocenters. The minimum atomic E-state index is -0.924. The highest BCUT2D eigenvalue weighted by Crippen LogP contribution is 2.54. The predicted octanol–water partition coefficient (Wildman–Crippen LogP) is 2.93. The van der Waals surface area contributed by atoms with E-state index in [1.165, 1.54) is 12.8 Å². The van der Waals surface area contributed by atoms with Crippen molar-refractivity contribution >= 4 is 5.78 Å². The van der Waals surface area contributed by atoms with Gasteiger partial charge in [0.1, 0.15) is 11.5 Å². The van der Waals surface area contributed by atoms with E-state index >= 15 is 0 Å². The summed E-state index contributed by atoms with van der Waals surface area (Å²) in [5.41, 5.74) is 0.506. The molecule has 0 radical (unpaired) electrons. The molecule has 1 saturated heterocycles. The zero-order valence-electron chi connectivity index (χ0n) is 15.3. The molecule has 4 nitrogen and oxygen atoms in total. The fraction of sp³-hybridized carbons (Fsp3) is 0.667. The van der Waals surface area contributed by atoms with Gasteiger partial charge < -0.3 is 10.2 Å². The van der Waals surface area contributed by atoms with Gasteiger partial charge in [0.25, 0.3) is 0 Å². The first kappa shape index (κ1) is 17.0. The number of nitrogens with zero attached hydrogens (tertiary/aromatic N) is 1. The van der Waals surface area contributed by atoms with Crippen LogP contribution in [0.2, 0.25) is 0 Å². The molecule has 3 aliphatic rings. The molecule has 4 heteroatoms. The largest absolute Gasteiger partial charge is 0.508 e. The van der Waals surface area contributed by atoms with Gasteiger partial charge in [-0.15, -0.1) is 0 Å². The molecule has 0 bridgehead atoms. The summed E-state index contributed by atoms with van der Waals surface area (Å²) < 4.78 is 0. The second-order valence-electron chi connectivity index (χ2n) is 8.59. The first-order chi connectivity index (χ1) is 11.9. The third-order valence-corrected chi connectivity index (χ3v) is 7.10. The van der Waals surface area contributed by atoms with E-state index in [-0.39, 0.29) is 17.6 Å². The molecular formula is C21H29NO3. The maximum atomic E-state index is 12.4. The minimum absolute atomic E-state index is 0.0247. The number of piperidine rings is 1. The van der Waals surface area contributed by atoms with Gasteiger partial charge in [0.2, 0.25) is 0 Å². The second kappa shape index (κ2) is 5.82. The number of aliphatic hydroxyl groups is 1. The lowest BCUT2D eigenvalue weighted by Gasteiger charge is -2.60. The number of rotatable bonds is 3. The first-order valence-corrected chi connectivity index (χ1v) is 9.64. The summed E-state index contributed by atoms with van der Waals surface area (Å²) in [6.07, 6.45) is 4.74. The van der Waals surface area contributed by atoms with Crippen LogP contribution in [0.25, 0.3) is 0 Å². The van der Waals surface area contributed by atoms with Crippen molar-refractivity contribution in [2.24, 2.45) is 5.92 Å². The van der Waals surface area contributed by atoms with Crippen molar-refractivity contribution in [2.75, 3.05) is 13.1 Å². The number of aryl methyl sites for hydroxylation is 1. The van der Waals surface area contributed by atoms with Crippen LogP contribution in [0.15, 0.2) is 18.2 Å². The molecule has 2 N–H and O–H groups in total. The average molecular weight is 343 g/mol. The van der Waals surface area contributed by atoms with Gasteiger partial charge >= 0.3 is 0 Å². The van der Waals surface area contributed by atoms with E-state index in [0.29, 0.717) is 19.3 Å². The number of hydrogen-bond donors (Lipinski definition) is 2. The Kier molecular flexibility index (Phi) is 3.97. The van der Waals surface area contributed by atoms with Crippen molar-refractivity contribution in [1.82, 2.24) is 4.90 Å². The Balaban J connectivity index is 1.79. The number of aromatic hydroxyl groups is 1. The Morgan fingerprint density at radius 3 is 2.76 bits per heavy atom. The molecule has 0 spiro atoms. The fourth-order valence-electron chi connectivity index (χ4n) is 5.36. The summed E-state index contributed by atoms with van der Waals surface area (Å²) in [4.78, 5) is 14.9. The van der Waals surface area contributed by atoms with Crippen LogP contribution in [0.1, 0.15) is 56.6 Å². The Morgan fingerprint density at radius 1 is 1.28 bits per heavy atom. The van der Waals surface area contributed by atoms with Crippen LogP contribution in [-0.4, -0.2) is 45.6 Å². The number of benzene rings is 1. The zero-order valence-corrected chi connectivity index (χ0v) is 15.3. The van der Waals surface area contributed by atoms with Crippen molar-refractivity contribution < 1.29 is 15.0 Å². The standard InChI is InChI=1S/C21H29NO3/c1-14-3-6-17(23)11-19(14)20-9-10-22(13-16-4-5-16)15(2)21(20,25)8-7-18(24)12-20/h3,6,11,15-16,23,25H,4-5,7-10,12-13H2,1-2H3/t15-,20-,21?/m1/s1. The molecule has 1 aliphatic heterocycles. The van der Waals surface area contributed by atoms with Crippen LogP contribution in [0.5, 0.6) is 5.75 Å². The number of carbonyl (C=O) groups is 1. The Bertz CT molecular complexity index is 698. The molecule has 136 valence electrons. The summed E-state index contributed by atoms with van der Waals surface area (Å²) in [5.74, 6) is 1.23. The lowest BCUT2D eigenvalue weighted by molar-refractivity contribution is -0.164. The molecule has 1 heterocycles. The van der Waals surface area contributed by atoms with Gasteiger partial charge in [-0.05, 0) is 75.3 Å². The van der Waals surface area contributed by atoms with Crippen molar-refractivity contribution in [3.05, 3.63) is 29.3 Å². The summed E-state index contributed by atoms with van der Waals surface area (Å²) >= 11 is 0. The summed E-state index contributed by atoms with van der Waals surface area (Å²) in [5, 5.41) is 22.0. The van der Waals surface area contributed by atoms with Gasteiger partial charge in [-0.25, -0.2) is 0 Å². The number of fused-ring (bicyclic) bond motifs is 1. The number of carbonyl (C=O) groups excluding carboxylic acids is 1. The van der Waals surface area contributed by atoms with Crippen molar-refractivity contribution in [1.29, 1.82) is 0 Å². The van der Waals surface area contributed by atoms with E-state index in [4.69, 9.17) is 0 Å². The van der Waals surface area contributed by atoms with Crippen LogP contribution in [0, 0.1) is 12.8 Å². The lowest BCUT2D eigenvalue weighted by atomic mass is 9.53. The third kappa shape index (κ3) is 2.61. The van der Waals surface area contributed by atoms with E-state index in [2.05, 4.69) is 11.8 Å². The summed E-state index contributed by atoms with van der Waals surface area (Å²) in [6, 6.07) is 5.39. The summed E-state index contributed by atoms with van der Waals surface area (Å²) in [7, 11) is 0. The van der Waals surface area contributed by atoms with E-state index in [1.807, 2.05) is 13.0 Å². The fourth-order valence-corrected chi connectivity index (χ4v) is 5.36. The first-order valence-electron chi connectivity index (χ1n) is 9.64. The van der Waals surface area contributed by atoms with E-state index in [9.17, 15) is 15.0 Å². The highest BCUT2D eigenvalue weighted by atomic mass is 16.3. The smallest absolute Gasteiger partial charge is 0.134 e. The van der Waals surface area contributed by atoms with Crippen LogP contribution >= 0.6 is 0 Å². The second-order valence-corrected chi connectivity index (χ2v) is 8.59. The van der Waals surface area contributed by atoms with E-state index in [0.717, 1.165) is 36.6 Å². The Morgan fingerprint density at radius 2 is 2.04 bits per heavy atom. The molecule has 2 saturated carbocycles. The van der Waals surface area contributed by atoms with Crippen molar-refractivity contribution in [2.45, 2.75) is 69.4 Å². The monoisotopic (exact) mass is 343 g/mol. The third-order valence-electron chi connectivity index (χ3n) is 7.10. The van der Waals surface area contributed by atoms with Crippen LogP contribution in [0.3, 0.4) is 0 Å². The SMILES string of the molecule is Cc1ccc(O)cc1[C@]12CCN(CC3CC3)[C@H](C)C1(O)CCC(=O)C2. The predicted molar refractivity (Wildman–Crippen MR) is 96.7 cm³/mol.